The number of anilines is 1. The summed E-state index contributed by atoms with van der Waals surface area (Å²) in [6.07, 6.45) is 6.80. The predicted molar refractivity (Wildman–Crippen MR) is 87.1 cm³/mol. The standard InChI is InChI=1S/C16H20BrN3/c1-11(2)14-10-19-9-12-8-13(17)4-5-15(12)20(16(14)19)7-6-18-3/h4-8,10-11,16,18H,9H2,1-3H3/b7-6-. The molecule has 2 aliphatic heterocycles. The van der Waals surface area contributed by atoms with Gasteiger partial charge in [0.05, 0.1) is 0 Å². The molecule has 0 aliphatic carbocycles. The van der Waals surface area contributed by atoms with Crippen LogP contribution in [0.2, 0.25) is 0 Å². The Labute approximate surface area is 129 Å². The highest BCUT2D eigenvalue weighted by molar-refractivity contribution is 9.10. The van der Waals surface area contributed by atoms with Gasteiger partial charge in [0, 0.05) is 42.4 Å². The molecule has 2 heterocycles. The molecule has 2 aliphatic rings. The van der Waals surface area contributed by atoms with E-state index in [4.69, 9.17) is 0 Å². The Morgan fingerprint density at radius 2 is 2.20 bits per heavy atom. The summed E-state index contributed by atoms with van der Waals surface area (Å²) in [4.78, 5) is 4.77. The van der Waals surface area contributed by atoms with Gasteiger partial charge in [0.25, 0.3) is 0 Å². The molecule has 0 saturated heterocycles. The number of nitrogens with zero attached hydrogens (tertiary/aromatic N) is 2. The number of benzene rings is 1. The maximum atomic E-state index is 3.57. The van der Waals surface area contributed by atoms with Crippen LogP contribution in [0.5, 0.6) is 0 Å². The van der Waals surface area contributed by atoms with Crippen molar-refractivity contribution < 1.29 is 0 Å². The van der Waals surface area contributed by atoms with Crippen LogP contribution in [-0.2, 0) is 6.54 Å². The average molecular weight is 334 g/mol. The van der Waals surface area contributed by atoms with Crippen LogP contribution in [0.1, 0.15) is 19.4 Å². The predicted octanol–water partition coefficient (Wildman–Crippen LogP) is 3.64. The minimum absolute atomic E-state index is 0.369. The van der Waals surface area contributed by atoms with E-state index < -0.39 is 0 Å². The quantitative estimate of drug-likeness (QED) is 0.910. The number of rotatable bonds is 3. The van der Waals surface area contributed by atoms with Crippen molar-refractivity contribution in [2.75, 3.05) is 11.9 Å². The number of hydrogen-bond donors (Lipinski definition) is 1. The van der Waals surface area contributed by atoms with E-state index in [-0.39, 0.29) is 0 Å². The summed E-state index contributed by atoms with van der Waals surface area (Å²) in [5, 5.41) is 3.09. The second-order valence-corrected chi connectivity index (χ2v) is 6.53. The summed E-state index contributed by atoms with van der Waals surface area (Å²) in [6.45, 7) is 5.51. The Morgan fingerprint density at radius 1 is 1.40 bits per heavy atom. The lowest BCUT2D eigenvalue weighted by molar-refractivity contribution is 0.220. The zero-order valence-electron chi connectivity index (χ0n) is 12.1. The van der Waals surface area contributed by atoms with Gasteiger partial charge in [-0.25, -0.2) is 0 Å². The van der Waals surface area contributed by atoms with Crippen molar-refractivity contribution in [3.63, 3.8) is 0 Å². The molecule has 0 saturated carbocycles. The van der Waals surface area contributed by atoms with Crippen molar-refractivity contribution in [2.24, 2.45) is 5.92 Å². The van der Waals surface area contributed by atoms with Crippen LogP contribution in [0.3, 0.4) is 0 Å². The lowest BCUT2D eigenvalue weighted by Gasteiger charge is -2.52. The van der Waals surface area contributed by atoms with Gasteiger partial charge in [0.15, 0.2) is 0 Å². The van der Waals surface area contributed by atoms with Crippen LogP contribution in [0.25, 0.3) is 0 Å². The highest BCUT2D eigenvalue weighted by atomic mass is 79.9. The van der Waals surface area contributed by atoms with E-state index in [1.807, 2.05) is 13.2 Å². The van der Waals surface area contributed by atoms with Crippen LogP contribution < -0.4 is 10.2 Å². The number of fused-ring (bicyclic) bond motifs is 2. The zero-order chi connectivity index (χ0) is 14.3. The van der Waals surface area contributed by atoms with Gasteiger partial charge < -0.3 is 15.1 Å². The van der Waals surface area contributed by atoms with Crippen molar-refractivity contribution in [2.45, 2.75) is 26.6 Å². The molecule has 1 unspecified atom stereocenters. The molecule has 1 N–H and O–H groups in total. The molecule has 0 radical (unpaired) electrons. The number of nitrogens with one attached hydrogen (secondary N) is 1. The molecule has 1 aromatic carbocycles. The van der Waals surface area contributed by atoms with Crippen molar-refractivity contribution in [3.8, 4) is 0 Å². The third-order valence-electron chi connectivity index (χ3n) is 3.93. The van der Waals surface area contributed by atoms with E-state index in [1.165, 1.54) is 16.8 Å². The lowest BCUT2D eigenvalue weighted by atomic mass is 9.90. The van der Waals surface area contributed by atoms with Crippen molar-refractivity contribution in [1.29, 1.82) is 0 Å². The highest BCUT2D eigenvalue weighted by Crippen LogP contribution is 2.42. The summed E-state index contributed by atoms with van der Waals surface area (Å²) in [6, 6.07) is 6.53. The van der Waals surface area contributed by atoms with Gasteiger partial charge >= 0.3 is 0 Å². The first kappa shape index (κ1) is 13.6. The molecule has 0 aromatic heterocycles. The molecule has 1 aromatic rings. The Hall–Kier alpha value is -1.42. The normalized spacial score (nSPS) is 20.6. The topological polar surface area (TPSA) is 18.5 Å². The Balaban J connectivity index is 2.01. The molecule has 3 rings (SSSR count). The van der Waals surface area contributed by atoms with Crippen LogP contribution in [0.15, 0.2) is 46.8 Å². The minimum Gasteiger partial charge on any atom is -0.393 e. The molecule has 0 amide bonds. The fraction of sp³-hybridized carbons (Fsp3) is 0.375. The largest absolute Gasteiger partial charge is 0.393 e. The van der Waals surface area contributed by atoms with Gasteiger partial charge in [0.1, 0.15) is 6.17 Å². The van der Waals surface area contributed by atoms with Crippen molar-refractivity contribution in [1.82, 2.24) is 10.2 Å². The molecule has 0 spiro atoms. The summed E-state index contributed by atoms with van der Waals surface area (Å²) in [5.74, 6) is 0.582. The van der Waals surface area contributed by atoms with Crippen molar-refractivity contribution >= 4 is 21.6 Å². The van der Waals surface area contributed by atoms with E-state index in [0.717, 1.165) is 11.0 Å². The minimum atomic E-state index is 0.369. The van der Waals surface area contributed by atoms with Gasteiger partial charge in [0.2, 0.25) is 0 Å². The Morgan fingerprint density at radius 3 is 2.90 bits per heavy atom. The molecular formula is C16H20BrN3. The van der Waals surface area contributed by atoms with Gasteiger partial charge in [-0.2, -0.15) is 0 Å². The van der Waals surface area contributed by atoms with E-state index in [1.54, 1.807) is 0 Å². The van der Waals surface area contributed by atoms with Crippen molar-refractivity contribution in [3.05, 3.63) is 52.4 Å². The first-order valence-electron chi connectivity index (χ1n) is 7.00. The molecule has 3 nitrogen and oxygen atoms in total. The summed E-state index contributed by atoms with van der Waals surface area (Å²) in [5.41, 5.74) is 4.15. The molecular weight excluding hydrogens is 314 g/mol. The summed E-state index contributed by atoms with van der Waals surface area (Å²) in [7, 11) is 1.93. The fourth-order valence-corrected chi connectivity index (χ4v) is 3.32. The van der Waals surface area contributed by atoms with E-state index in [0.29, 0.717) is 12.1 Å². The molecule has 20 heavy (non-hydrogen) atoms. The number of hydrogen-bond acceptors (Lipinski definition) is 3. The smallest absolute Gasteiger partial charge is 0.130 e. The highest BCUT2D eigenvalue weighted by Gasteiger charge is 2.39. The molecule has 1 atom stereocenters. The van der Waals surface area contributed by atoms with Crippen LogP contribution >= 0.6 is 15.9 Å². The zero-order valence-corrected chi connectivity index (χ0v) is 13.7. The maximum Gasteiger partial charge on any atom is 0.130 e. The maximum absolute atomic E-state index is 3.57. The Bertz CT molecular complexity index is 577. The second kappa shape index (κ2) is 5.17. The lowest BCUT2D eigenvalue weighted by Crippen LogP contribution is -2.55. The van der Waals surface area contributed by atoms with Crippen LogP contribution in [-0.4, -0.2) is 18.1 Å². The molecule has 0 bridgehead atoms. The second-order valence-electron chi connectivity index (χ2n) is 5.61. The summed E-state index contributed by atoms with van der Waals surface area (Å²) >= 11 is 3.57. The van der Waals surface area contributed by atoms with E-state index >= 15 is 0 Å². The first-order valence-corrected chi connectivity index (χ1v) is 7.79. The summed E-state index contributed by atoms with van der Waals surface area (Å²) < 4.78 is 1.14. The molecule has 106 valence electrons. The monoisotopic (exact) mass is 333 g/mol. The van der Waals surface area contributed by atoms with Crippen LogP contribution in [0, 0.1) is 5.92 Å². The first-order chi connectivity index (χ1) is 9.61. The van der Waals surface area contributed by atoms with E-state index in [2.05, 4.69) is 75.5 Å². The third-order valence-corrected chi connectivity index (χ3v) is 4.43. The van der Waals surface area contributed by atoms with Crippen LogP contribution in [0.4, 0.5) is 5.69 Å². The Kier molecular flexibility index (Phi) is 3.50. The van der Waals surface area contributed by atoms with Gasteiger partial charge in [-0.3, -0.25) is 0 Å². The fourth-order valence-electron chi connectivity index (χ4n) is 2.92. The van der Waals surface area contributed by atoms with Gasteiger partial charge in [-0.1, -0.05) is 29.8 Å². The van der Waals surface area contributed by atoms with Gasteiger partial charge in [-0.15, -0.1) is 0 Å². The number of halogens is 1. The third kappa shape index (κ3) is 2.12. The molecule has 0 fully saturated rings. The van der Waals surface area contributed by atoms with E-state index in [9.17, 15) is 0 Å². The SMILES string of the molecule is CN/C=C\N1c2ccc(Br)cc2CN2C=C(C(C)C)C21. The average Bonchev–Trinajstić information content (AvgIpc) is 2.38. The molecule has 4 heteroatoms. The van der Waals surface area contributed by atoms with Gasteiger partial charge in [-0.05, 0) is 35.3 Å².